The summed E-state index contributed by atoms with van der Waals surface area (Å²) in [6.07, 6.45) is 3.48. The van der Waals surface area contributed by atoms with Gasteiger partial charge in [0.05, 0.1) is 18.3 Å². The van der Waals surface area contributed by atoms with Crippen LogP contribution in [0.2, 0.25) is 5.02 Å². The number of benzene rings is 2. The molecule has 0 aliphatic heterocycles. The van der Waals surface area contributed by atoms with Crippen LogP contribution in [0.3, 0.4) is 0 Å². The lowest BCUT2D eigenvalue weighted by Gasteiger charge is -2.24. The van der Waals surface area contributed by atoms with Gasteiger partial charge in [0, 0.05) is 29.4 Å². The molecule has 0 fully saturated rings. The van der Waals surface area contributed by atoms with Gasteiger partial charge in [0.1, 0.15) is 0 Å². The van der Waals surface area contributed by atoms with Crippen LogP contribution in [0.4, 0.5) is 0 Å². The Morgan fingerprint density at radius 1 is 1.14 bits per heavy atom. The monoisotopic (exact) mass is 407 g/mol. The van der Waals surface area contributed by atoms with E-state index in [-0.39, 0.29) is 11.9 Å². The first kappa shape index (κ1) is 20.9. The van der Waals surface area contributed by atoms with Crippen molar-refractivity contribution < 1.29 is 4.79 Å². The van der Waals surface area contributed by atoms with Gasteiger partial charge in [-0.1, -0.05) is 60.1 Å². The Morgan fingerprint density at radius 2 is 1.79 bits per heavy atom. The van der Waals surface area contributed by atoms with Gasteiger partial charge in [0.2, 0.25) is 5.91 Å². The van der Waals surface area contributed by atoms with Gasteiger partial charge in [-0.25, -0.2) is 0 Å². The summed E-state index contributed by atoms with van der Waals surface area (Å²) in [6.45, 7) is 6.59. The van der Waals surface area contributed by atoms with Crippen LogP contribution in [-0.2, 0) is 11.3 Å². The minimum Gasteiger partial charge on any atom is -0.335 e. The first-order chi connectivity index (χ1) is 13.9. The zero-order valence-electron chi connectivity index (χ0n) is 17.3. The third-order valence-electron chi connectivity index (χ3n) is 5.32. The van der Waals surface area contributed by atoms with Crippen LogP contribution >= 0.6 is 11.6 Å². The van der Waals surface area contributed by atoms with E-state index in [1.54, 1.807) is 11.0 Å². The molecule has 0 bridgehead atoms. The van der Waals surface area contributed by atoms with Crippen LogP contribution in [0, 0.1) is 13.8 Å². The summed E-state index contributed by atoms with van der Waals surface area (Å²) in [5.74, 6) is -0.0426. The predicted molar refractivity (Wildman–Crippen MR) is 119 cm³/mol. The van der Waals surface area contributed by atoms with E-state index in [1.165, 1.54) is 0 Å². The van der Waals surface area contributed by atoms with E-state index in [2.05, 4.69) is 5.10 Å². The number of hydrogen-bond donors (Lipinski definition) is 0. The largest absolute Gasteiger partial charge is 0.335 e. The second-order valence-corrected chi connectivity index (χ2v) is 7.61. The van der Waals surface area contributed by atoms with Crippen LogP contribution in [-0.4, -0.2) is 27.6 Å². The van der Waals surface area contributed by atoms with E-state index in [4.69, 9.17) is 11.6 Å². The first-order valence-corrected chi connectivity index (χ1v) is 10.0. The summed E-state index contributed by atoms with van der Waals surface area (Å²) in [6, 6.07) is 17.8. The van der Waals surface area contributed by atoms with Gasteiger partial charge in [-0.05, 0) is 44.0 Å². The van der Waals surface area contributed by atoms with Gasteiger partial charge in [-0.3, -0.25) is 9.48 Å². The number of aromatic nitrogens is 2. The van der Waals surface area contributed by atoms with Crippen LogP contribution in [0.1, 0.15) is 41.0 Å². The van der Waals surface area contributed by atoms with Crippen molar-refractivity contribution >= 4 is 23.6 Å². The van der Waals surface area contributed by atoms with E-state index in [0.29, 0.717) is 6.54 Å². The zero-order valence-corrected chi connectivity index (χ0v) is 18.0. The lowest BCUT2D eigenvalue weighted by atomic mass is 10.1. The molecule has 0 aliphatic rings. The molecule has 0 radical (unpaired) electrons. The molecule has 1 unspecified atom stereocenters. The molecule has 150 valence electrons. The summed E-state index contributed by atoms with van der Waals surface area (Å²) in [5, 5.41) is 5.36. The molecule has 1 atom stereocenters. The Bertz CT molecular complexity index is 1020. The van der Waals surface area contributed by atoms with Gasteiger partial charge in [-0.15, -0.1) is 0 Å². The minimum atomic E-state index is -0.0426. The van der Waals surface area contributed by atoms with Crippen molar-refractivity contribution in [1.29, 1.82) is 0 Å². The smallest absolute Gasteiger partial charge is 0.246 e. The van der Waals surface area contributed by atoms with E-state index < -0.39 is 0 Å². The molecule has 1 aromatic heterocycles. The highest BCUT2D eigenvalue weighted by Crippen LogP contribution is 2.22. The average molecular weight is 408 g/mol. The number of halogens is 1. The third kappa shape index (κ3) is 4.77. The summed E-state index contributed by atoms with van der Waals surface area (Å²) in [7, 11) is 1.82. The van der Waals surface area contributed by atoms with Crippen LogP contribution < -0.4 is 0 Å². The molecule has 3 rings (SSSR count). The van der Waals surface area contributed by atoms with Crippen molar-refractivity contribution in [2.24, 2.45) is 0 Å². The second-order valence-electron chi connectivity index (χ2n) is 7.20. The molecule has 4 nitrogen and oxygen atoms in total. The summed E-state index contributed by atoms with van der Waals surface area (Å²) >= 11 is 6.29. The lowest BCUT2D eigenvalue weighted by molar-refractivity contribution is -0.126. The number of hydrogen-bond acceptors (Lipinski definition) is 2. The second kappa shape index (κ2) is 9.10. The van der Waals surface area contributed by atoms with Crippen molar-refractivity contribution in [2.45, 2.75) is 33.4 Å². The predicted octanol–water partition coefficient (Wildman–Crippen LogP) is 5.43. The summed E-state index contributed by atoms with van der Waals surface area (Å²) in [4.78, 5) is 14.4. The number of amides is 1. The summed E-state index contributed by atoms with van der Waals surface area (Å²) < 4.78 is 1.93. The molecule has 0 saturated heterocycles. The third-order valence-corrected chi connectivity index (χ3v) is 5.69. The first-order valence-electron chi connectivity index (χ1n) is 9.65. The van der Waals surface area contributed by atoms with Crippen molar-refractivity contribution in [1.82, 2.24) is 14.7 Å². The highest BCUT2D eigenvalue weighted by Gasteiger charge is 2.16. The van der Waals surface area contributed by atoms with E-state index in [0.717, 1.165) is 33.1 Å². The van der Waals surface area contributed by atoms with Crippen LogP contribution in [0.25, 0.3) is 6.08 Å². The van der Waals surface area contributed by atoms with Crippen molar-refractivity contribution in [3.05, 3.63) is 93.8 Å². The Balaban J connectivity index is 1.76. The van der Waals surface area contributed by atoms with E-state index >= 15 is 0 Å². The maximum Gasteiger partial charge on any atom is 0.246 e. The number of aryl methyl sites for hydroxylation is 1. The van der Waals surface area contributed by atoms with Crippen molar-refractivity contribution in [3.63, 3.8) is 0 Å². The van der Waals surface area contributed by atoms with Gasteiger partial charge >= 0.3 is 0 Å². The molecule has 1 amide bonds. The number of nitrogens with zero attached hydrogens (tertiary/aromatic N) is 3. The fourth-order valence-corrected chi connectivity index (χ4v) is 3.51. The maximum atomic E-state index is 12.7. The fraction of sp³-hybridized carbons (Fsp3) is 0.250. The highest BCUT2D eigenvalue weighted by molar-refractivity contribution is 6.31. The molecule has 0 aliphatic carbocycles. The Kier molecular flexibility index (Phi) is 6.55. The Morgan fingerprint density at radius 3 is 2.48 bits per heavy atom. The van der Waals surface area contributed by atoms with Crippen LogP contribution in [0.5, 0.6) is 0 Å². The zero-order chi connectivity index (χ0) is 21.0. The van der Waals surface area contributed by atoms with Gasteiger partial charge in [0.15, 0.2) is 0 Å². The van der Waals surface area contributed by atoms with E-state index in [1.807, 2.05) is 93.2 Å². The molecule has 0 spiro atoms. The van der Waals surface area contributed by atoms with Gasteiger partial charge < -0.3 is 4.90 Å². The lowest BCUT2D eigenvalue weighted by Crippen LogP contribution is -2.27. The molecule has 2 aromatic carbocycles. The SMILES string of the molecule is Cc1nn(Cc2ccccc2Cl)c(C)c1/C=C/C(=O)N(C)C(C)c1ccccc1. The van der Waals surface area contributed by atoms with Crippen LogP contribution in [0.15, 0.2) is 60.7 Å². The molecule has 29 heavy (non-hydrogen) atoms. The maximum absolute atomic E-state index is 12.7. The fourth-order valence-electron chi connectivity index (χ4n) is 3.31. The molecule has 3 aromatic rings. The standard InChI is InChI=1S/C24H26ClN3O/c1-17-22(19(3)28(26-17)16-21-12-8-9-13-23(21)25)14-15-24(29)27(4)18(2)20-10-6-5-7-11-20/h5-15,18H,16H2,1-4H3/b15-14+. The number of carbonyl (C=O) groups is 1. The molecule has 0 saturated carbocycles. The topological polar surface area (TPSA) is 38.1 Å². The van der Waals surface area contributed by atoms with Crippen molar-refractivity contribution in [2.75, 3.05) is 7.05 Å². The molecular formula is C24H26ClN3O. The molecular weight excluding hydrogens is 382 g/mol. The highest BCUT2D eigenvalue weighted by atomic mass is 35.5. The number of carbonyl (C=O) groups excluding carboxylic acids is 1. The Hall–Kier alpha value is -2.85. The van der Waals surface area contributed by atoms with Gasteiger partial charge in [0.25, 0.3) is 0 Å². The number of rotatable bonds is 6. The van der Waals surface area contributed by atoms with E-state index in [9.17, 15) is 4.79 Å². The minimum absolute atomic E-state index is 0.00140. The average Bonchev–Trinajstić information content (AvgIpc) is 3.00. The quantitative estimate of drug-likeness (QED) is 0.510. The van der Waals surface area contributed by atoms with Gasteiger partial charge in [-0.2, -0.15) is 5.10 Å². The number of likely N-dealkylation sites (N-methyl/N-ethyl adjacent to an activating group) is 1. The molecule has 1 heterocycles. The molecule has 5 heteroatoms. The summed E-state index contributed by atoms with van der Waals surface area (Å²) in [5.41, 5.74) is 4.98. The molecule has 0 N–H and O–H groups in total. The Labute approximate surface area is 177 Å². The van der Waals surface area contributed by atoms with Crippen molar-refractivity contribution in [3.8, 4) is 0 Å². The normalized spacial score (nSPS) is 12.3.